The molecule has 1 aromatic heterocycles. The first-order valence-corrected chi connectivity index (χ1v) is 5.09. The minimum atomic E-state index is -1.35. The van der Waals surface area contributed by atoms with E-state index in [1.807, 2.05) is 13.8 Å². The Bertz CT molecular complexity index is 443. The summed E-state index contributed by atoms with van der Waals surface area (Å²) in [6, 6.07) is 0. The van der Waals surface area contributed by atoms with Crippen molar-refractivity contribution in [1.82, 2.24) is 9.97 Å². The van der Waals surface area contributed by atoms with Crippen molar-refractivity contribution >= 4 is 17.6 Å². The van der Waals surface area contributed by atoms with E-state index in [1.165, 1.54) is 6.20 Å². The summed E-state index contributed by atoms with van der Waals surface area (Å²) in [5.74, 6) is -3.13. The van der Waals surface area contributed by atoms with Gasteiger partial charge in [0.25, 0.3) is 0 Å². The van der Waals surface area contributed by atoms with Gasteiger partial charge in [0.1, 0.15) is 0 Å². The standard InChI is InChI=1S/C10H13N3O4/c1-3-13(4-2)6-5-11-8(10(16)17)12-7(6)9(14)15/h5H,3-4H2,1-2H3,(H,14,15)(H,16,17). The van der Waals surface area contributed by atoms with Gasteiger partial charge in [0.05, 0.1) is 11.9 Å². The third kappa shape index (κ3) is 2.68. The molecule has 0 amide bonds. The highest BCUT2D eigenvalue weighted by molar-refractivity contribution is 5.93. The van der Waals surface area contributed by atoms with Gasteiger partial charge in [0.15, 0.2) is 5.69 Å². The second kappa shape index (κ2) is 5.24. The topological polar surface area (TPSA) is 104 Å². The van der Waals surface area contributed by atoms with Gasteiger partial charge in [-0.05, 0) is 13.8 Å². The third-order valence-corrected chi connectivity index (χ3v) is 2.27. The molecular formula is C10H13N3O4. The third-order valence-electron chi connectivity index (χ3n) is 2.27. The summed E-state index contributed by atoms with van der Waals surface area (Å²) in [6.45, 7) is 4.90. The fraction of sp³-hybridized carbons (Fsp3) is 0.400. The Hall–Kier alpha value is -2.18. The first-order chi connectivity index (χ1) is 8.01. The molecule has 0 bridgehead atoms. The lowest BCUT2D eigenvalue weighted by atomic mass is 10.3. The van der Waals surface area contributed by atoms with Gasteiger partial charge < -0.3 is 15.1 Å². The summed E-state index contributed by atoms with van der Waals surface area (Å²) in [5.41, 5.74) is 0.0357. The molecule has 0 aliphatic carbocycles. The Morgan fingerprint density at radius 1 is 1.24 bits per heavy atom. The lowest BCUT2D eigenvalue weighted by Crippen LogP contribution is -2.26. The van der Waals surface area contributed by atoms with Gasteiger partial charge in [-0.3, -0.25) is 0 Å². The molecule has 1 rings (SSSR count). The number of nitrogens with zero attached hydrogens (tertiary/aromatic N) is 3. The smallest absolute Gasteiger partial charge is 0.373 e. The molecule has 92 valence electrons. The number of anilines is 1. The highest BCUT2D eigenvalue weighted by atomic mass is 16.4. The Kier molecular flexibility index (Phi) is 3.97. The molecule has 0 atom stereocenters. The van der Waals surface area contributed by atoms with Gasteiger partial charge in [-0.15, -0.1) is 0 Å². The number of carboxylic acids is 2. The van der Waals surface area contributed by atoms with E-state index in [4.69, 9.17) is 10.2 Å². The van der Waals surface area contributed by atoms with Gasteiger partial charge in [-0.1, -0.05) is 0 Å². The SMILES string of the molecule is CCN(CC)c1cnc(C(=O)O)nc1C(=O)O. The normalized spacial score (nSPS) is 10.0. The van der Waals surface area contributed by atoms with Crippen LogP contribution in [0.1, 0.15) is 35.0 Å². The highest BCUT2D eigenvalue weighted by Crippen LogP contribution is 2.17. The maximum Gasteiger partial charge on any atom is 0.373 e. The van der Waals surface area contributed by atoms with Gasteiger partial charge in [-0.2, -0.15) is 0 Å². The van der Waals surface area contributed by atoms with Crippen molar-refractivity contribution in [2.45, 2.75) is 13.8 Å². The second-order valence-electron chi connectivity index (χ2n) is 3.21. The molecule has 0 aromatic carbocycles. The van der Waals surface area contributed by atoms with Crippen LogP contribution in [0, 0.1) is 0 Å². The molecule has 1 heterocycles. The molecule has 0 aliphatic rings. The van der Waals surface area contributed by atoms with E-state index in [2.05, 4.69) is 9.97 Å². The van der Waals surface area contributed by atoms with E-state index in [9.17, 15) is 9.59 Å². The molecule has 7 heteroatoms. The molecule has 0 saturated carbocycles. The van der Waals surface area contributed by atoms with Gasteiger partial charge >= 0.3 is 11.9 Å². The predicted octanol–water partition coefficient (Wildman–Crippen LogP) is 0.719. The van der Waals surface area contributed by atoms with Crippen LogP contribution in [-0.2, 0) is 0 Å². The zero-order valence-electron chi connectivity index (χ0n) is 9.54. The van der Waals surface area contributed by atoms with Gasteiger partial charge in [0.2, 0.25) is 5.82 Å². The largest absolute Gasteiger partial charge is 0.476 e. The van der Waals surface area contributed by atoms with Crippen LogP contribution >= 0.6 is 0 Å². The molecule has 17 heavy (non-hydrogen) atoms. The molecule has 0 fully saturated rings. The summed E-state index contributed by atoms with van der Waals surface area (Å²) in [6.07, 6.45) is 1.23. The van der Waals surface area contributed by atoms with E-state index >= 15 is 0 Å². The van der Waals surface area contributed by atoms with Gasteiger partial charge in [0, 0.05) is 13.1 Å². The average molecular weight is 239 g/mol. The van der Waals surface area contributed by atoms with Crippen LogP contribution in [0.25, 0.3) is 0 Å². The van der Waals surface area contributed by atoms with Crippen molar-refractivity contribution in [1.29, 1.82) is 0 Å². The van der Waals surface area contributed by atoms with Crippen molar-refractivity contribution in [3.05, 3.63) is 17.7 Å². The van der Waals surface area contributed by atoms with Crippen molar-refractivity contribution in [2.75, 3.05) is 18.0 Å². The first-order valence-electron chi connectivity index (χ1n) is 5.09. The maximum absolute atomic E-state index is 11.0. The van der Waals surface area contributed by atoms with E-state index < -0.39 is 17.8 Å². The fourth-order valence-corrected chi connectivity index (χ4v) is 1.43. The highest BCUT2D eigenvalue weighted by Gasteiger charge is 2.19. The van der Waals surface area contributed by atoms with Gasteiger partial charge in [-0.25, -0.2) is 19.6 Å². The molecule has 0 aliphatic heterocycles. The first kappa shape index (κ1) is 12.9. The lowest BCUT2D eigenvalue weighted by molar-refractivity contribution is 0.0679. The average Bonchev–Trinajstić information content (AvgIpc) is 2.30. The molecule has 0 spiro atoms. The number of hydrogen-bond acceptors (Lipinski definition) is 5. The van der Waals surface area contributed by atoms with Crippen LogP contribution in [0.4, 0.5) is 5.69 Å². The summed E-state index contributed by atoms with van der Waals surface area (Å²) in [5, 5.41) is 17.7. The predicted molar refractivity (Wildman–Crippen MR) is 59.5 cm³/mol. The Labute approximate surface area is 97.7 Å². The number of aromatic nitrogens is 2. The zero-order chi connectivity index (χ0) is 13.0. The van der Waals surface area contributed by atoms with Crippen molar-refractivity contribution in [3.63, 3.8) is 0 Å². The summed E-state index contributed by atoms with van der Waals surface area (Å²) in [7, 11) is 0. The van der Waals surface area contributed by atoms with Crippen LogP contribution in [0.5, 0.6) is 0 Å². The molecule has 2 N–H and O–H groups in total. The van der Waals surface area contributed by atoms with E-state index in [1.54, 1.807) is 4.90 Å². The fourth-order valence-electron chi connectivity index (χ4n) is 1.43. The minimum absolute atomic E-state index is 0.291. The van der Waals surface area contributed by atoms with Crippen molar-refractivity contribution in [3.8, 4) is 0 Å². The quantitative estimate of drug-likeness (QED) is 0.780. The number of carboxylic acid groups (broad SMARTS) is 2. The maximum atomic E-state index is 11.0. The minimum Gasteiger partial charge on any atom is -0.476 e. The summed E-state index contributed by atoms with van der Waals surface area (Å²) in [4.78, 5) is 30.6. The van der Waals surface area contributed by atoms with Crippen LogP contribution in [0.2, 0.25) is 0 Å². The Balaban J connectivity index is 3.31. The van der Waals surface area contributed by atoms with Crippen molar-refractivity contribution < 1.29 is 19.8 Å². The van der Waals surface area contributed by atoms with Crippen molar-refractivity contribution in [2.24, 2.45) is 0 Å². The molecular weight excluding hydrogens is 226 g/mol. The molecule has 0 radical (unpaired) electrons. The summed E-state index contributed by atoms with van der Waals surface area (Å²) >= 11 is 0. The molecule has 1 aromatic rings. The van der Waals surface area contributed by atoms with Crippen LogP contribution in [-0.4, -0.2) is 45.2 Å². The Morgan fingerprint density at radius 3 is 2.24 bits per heavy atom. The lowest BCUT2D eigenvalue weighted by Gasteiger charge is -2.21. The number of rotatable bonds is 5. The van der Waals surface area contributed by atoms with E-state index in [0.29, 0.717) is 18.8 Å². The zero-order valence-corrected chi connectivity index (χ0v) is 9.54. The summed E-state index contributed by atoms with van der Waals surface area (Å²) < 4.78 is 0. The second-order valence-corrected chi connectivity index (χ2v) is 3.21. The monoisotopic (exact) mass is 239 g/mol. The number of hydrogen-bond donors (Lipinski definition) is 2. The number of aromatic carboxylic acids is 2. The van der Waals surface area contributed by atoms with E-state index in [-0.39, 0.29) is 5.69 Å². The molecule has 0 unspecified atom stereocenters. The van der Waals surface area contributed by atoms with Crippen LogP contribution in [0.3, 0.4) is 0 Å². The van der Waals surface area contributed by atoms with E-state index in [0.717, 1.165) is 0 Å². The Morgan fingerprint density at radius 2 is 1.82 bits per heavy atom. The van der Waals surface area contributed by atoms with Crippen LogP contribution in [0.15, 0.2) is 6.20 Å². The molecule has 0 saturated heterocycles. The van der Waals surface area contributed by atoms with Crippen LogP contribution < -0.4 is 4.90 Å². The number of carbonyl (C=O) groups is 2. The molecule has 7 nitrogen and oxygen atoms in total.